The number of hydrogen-bond acceptors (Lipinski definition) is 3. The molecule has 1 aromatic rings. The van der Waals surface area contributed by atoms with E-state index >= 15 is 0 Å². The third kappa shape index (κ3) is 3.48. The maximum Gasteiger partial charge on any atom is 0.243 e. The van der Waals surface area contributed by atoms with Crippen LogP contribution in [0, 0.1) is 5.82 Å². The van der Waals surface area contributed by atoms with Gasteiger partial charge in [-0.05, 0) is 41.1 Å². The van der Waals surface area contributed by atoms with Crippen molar-refractivity contribution in [3.8, 4) is 0 Å². The van der Waals surface area contributed by atoms with Crippen LogP contribution in [0.4, 0.5) is 4.39 Å². The van der Waals surface area contributed by atoms with Crippen LogP contribution in [0.1, 0.15) is 6.92 Å². The zero-order valence-electron chi connectivity index (χ0n) is 9.39. The largest absolute Gasteiger partial charge is 0.392 e. The molecule has 0 aromatic heterocycles. The summed E-state index contributed by atoms with van der Waals surface area (Å²) >= 11 is 2.95. The molecule has 0 aliphatic rings. The van der Waals surface area contributed by atoms with Gasteiger partial charge in [0.2, 0.25) is 10.0 Å². The summed E-state index contributed by atoms with van der Waals surface area (Å²) in [5.41, 5.74) is 0. The van der Waals surface area contributed by atoms with Crippen LogP contribution < -0.4 is 0 Å². The van der Waals surface area contributed by atoms with Crippen molar-refractivity contribution in [2.75, 3.05) is 13.6 Å². The standard InChI is InChI=1S/C10H13BrFNO3S/c1-7(14)6-13(2)17(15,16)8-3-4-9(11)10(12)5-8/h3-5,7,14H,6H2,1-2H3. The molecule has 1 atom stereocenters. The summed E-state index contributed by atoms with van der Waals surface area (Å²) in [6, 6.07) is 3.58. The molecule has 0 amide bonds. The van der Waals surface area contributed by atoms with Crippen LogP contribution in [0.25, 0.3) is 0 Å². The Balaban J connectivity index is 3.09. The molecule has 7 heteroatoms. The highest BCUT2D eigenvalue weighted by Gasteiger charge is 2.22. The average Bonchev–Trinajstić information content (AvgIpc) is 2.20. The Labute approximate surface area is 108 Å². The summed E-state index contributed by atoms with van der Waals surface area (Å²) in [6.07, 6.45) is -0.782. The van der Waals surface area contributed by atoms with E-state index < -0.39 is 21.9 Å². The van der Waals surface area contributed by atoms with E-state index in [0.717, 1.165) is 10.4 Å². The predicted octanol–water partition coefficient (Wildman–Crippen LogP) is 1.59. The molecular weight excluding hydrogens is 313 g/mol. The van der Waals surface area contributed by atoms with Crippen LogP contribution in [-0.2, 0) is 10.0 Å². The Kier molecular flexibility index (Phi) is 4.65. The van der Waals surface area contributed by atoms with Gasteiger partial charge in [0.25, 0.3) is 0 Å². The lowest BCUT2D eigenvalue weighted by atomic mass is 10.3. The Morgan fingerprint density at radius 1 is 1.53 bits per heavy atom. The minimum absolute atomic E-state index is 0.0417. The lowest BCUT2D eigenvalue weighted by Crippen LogP contribution is -2.33. The molecule has 17 heavy (non-hydrogen) atoms. The minimum Gasteiger partial charge on any atom is -0.392 e. The Morgan fingerprint density at radius 2 is 2.12 bits per heavy atom. The quantitative estimate of drug-likeness (QED) is 0.914. The SMILES string of the molecule is CC(O)CN(C)S(=O)(=O)c1ccc(Br)c(F)c1. The van der Waals surface area contributed by atoms with E-state index in [1.165, 1.54) is 26.1 Å². The van der Waals surface area contributed by atoms with Crippen molar-refractivity contribution in [3.63, 3.8) is 0 Å². The Hall–Kier alpha value is -0.500. The molecular formula is C10H13BrFNO3S. The Bertz CT molecular complexity index is 504. The highest BCUT2D eigenvalue weighted by molar-refractivity contribution is 9.10. The average molecular weight is 326 g/mol. The first kappa shape index (κ1) is 14.6. The zero-order chi connectivity index (χ0) is 13.2. The third-order valence-electron chi connectivity index (χ3n) is 2.12. The Morgan fingerprint density at radius 3 is 2.59 bits per heavy atom. The van der Waals surface area contributed by atoms with Crippen molar-refractivity contribution < 1.29 is 17.9 Å². The molecule has 0 saturated heterocycles. The molecule has 0 radical (unpaired) electrons. The van der Waals surface area contributed by atoms with Gasteiger partial charge in [0.1, 0.15) is 5.82 Å². The fraction of sp³-hybridized carbons (Fsp3) is 0.400. The summed E-state index contributed by atoms with van der Waals surface area (Å²) in [5.74, 6) is -0.642. The van der Waals surface area contributed by atoms with E-state index in [1.54, 1.807) is 0 Å². The second kappa shape index (κ2) is 5.43. The molecule has 1 aromatic carbocycles. The number of aliphatic hydroxyl groups excluding tert-OH is 1. The molecule has 0 aliphatic carbocycles. The van der Waals surface area contributed by atoms with Crippen LogP contribution in [0.3, 0.4) is 0 Å². The number of aliphatic hydroxyl groups is 1. The molecule has 4 nitrogen and oxygen atoms in total. The number of rotatable bonds is 4. The van der Waals surface area contributed by atoms with E-state index in [-0.39, 0.29) is 15.9 Å². The van der Waals surface area contributed by atoms with Gasteiger partial charge < -0.3 is 5.11 Å². The van der Waals surface area contributed by atoms with E-state index in [2.05, 4.69) is 15.9 Å². The van der Waals surface area contributed by atoms with Crippen LogP contribution in [-0.4, -0.2) is 37.5 Å². The van der Waals surface area contributed by atoms with Crippen LogP contribution in [0.2, 0.25) is 0 Å². The van der Waals surface area contributed by atoms with Crippen molar-refractivity contribution in [1.29, 1.82) is 0 Å². The zero-order valence-corrected chi connectivity index (χ0v) is 11.8. The minimum atomic E-state index is -3.76. The van der Waals surface area contributed by atoms with E-state index in [1.807, 2.05) is 0 Å². The summed E-state index contributed by atoms with van der Waals surface area (Å²) < 4.78 is 38.4. The fourth-order valence-electron chi connectivity index (χ4n) is 1.29. The first-order chi connectivity index (χ1) is 7.75. The topological polar surface area (TPSA) is 57.6 Å². The highest BCUT2D eigenvalue weighted by atomic mass is 79.9. The molecule has 0 saturated carbocycles. The van der Waals surface area contributed by atoms with Crippen LogP contribution in [0.5, 0.6) is 0 Å². The van der Waals surface area contributed by atoms with E-state index in [9.17, 15) is 12.8 Å². The van der Waals surface area contributed by atoms with Gasteiger partial charge in [0, 0.05) is 13.6 Å². The number of sulfonamides is 1. The molecule has 0 bridgehead atoms. The summed E-state index contributed by atoms with van der Waals surface area (Å²) in [6.45, 7) is 1.44. The lowest BCUT2D eigenvalue weighted by molar-refractivity contribution is 0.171. The molecule has 0 aliphatic heterocycles. The maximum atomic E-state index is 13.3. The van der Waals surface area contributed by atoms with Crippen molar-refractivity contribution >= 4 is 26.0 Å². The molecule has 1 N–H and O–H groups in total. The van der Waals surface area contributed by atoms with Gasteiger partial charge in [-0.25, -0.2) is 12.8 Å². The van der Waals surface area contributed by atoms with Crippen LogP contribution in [0.15, 0.2) is 27.6 Å². The molecule has 0 fully saturated rings. The van der Waals surface area contributed by atoms with Crippen molar-refractivity contribution in [2.45, 2.75) is 17.9 Å². The molecule has 96 valence electrons. The van der Waals surface area contributed by atoms with Gasteiger partial charge in [0.05, 0.1) is 15.5 Å². The first-order valence-electron chi connectivity index (χ1n) is 4.84. The van der Waals surface area contributed by atoms with Gasteiger partial charge in [-0.15, -0.1) is 0 Å². The smallest absolute Gasteiger partial charge is 0.243 e. The van der Waals surface area contributed by atoms with Gasteiger partial charge in [-0.2, -0.15) is 4.31 Å². The molecule has 1 unspecified atom stereocenters. The second-order valence-electron chi connectivity index (χ2n) is 3.71. The number of halogens is 2. The van der Waals surface area contributed by atoms with E-state index in [0.29, 0.717) is 0 Å². The van der Waals surface area contributed by atoms with Crippen molar-refractivity contribution in [3.05, 3.63) is 28.5 Å². The normalized spacial score (nSPS) is 14.0. The number of nitrogens with zero attached hydrogens (tertiary/aromatic N) is 1. The van der Waals surface area contributed by atoms with Gasteiger partial charge >= 0.3 is 0 Å². The summed E-state index contributed by atoms with van der Waals surface area (Å²) in [5, 5.41) is 9.14. The maximum absolute atomic E-state index is 13.3. The summed E-state index contributed by atoms with van der Waals surface area (Å²) in [4.78, 5) is -0.138. The number of hydrogen-bond donors (Lipinski definition) is 1. The van der Waals surface area contributed by atoms with Gasteiger partial charge in [-0.1, -0.05) is 0 Å². The van der Waals surface area contributed by atoms with E-state index in [4.69, 9.17) is 5.11 Å². The number of likely N-dealkylation sites (N-methyl/N-ethyl adjacent to an activating group) is 1. The highest BCUT2D eigenvalue weighted by Crippen LogP contribution is 2.21. The van der Waals surface area contributed by atoms with Gasteiger partial charge in [0.15, 0.2) is 0 Å². The molecule has 0 heterocycles. The second-order valence-corrected chi connectivity index (χ2v) is 6.61. The fourth-order valence-corrected chi connectivity index (χ4v) is 2.80. The number of benzene rings is 1. The van der Waals surface area contributed by atoms with Crippen LogP contribution >= 0.6 is 15.9 Å². The van der Waals surface area contributed by atoms with Crippen molar-refractivity contribution in [2.24, 2.45) is 0 Å². The summed E-state index contributed by atoms with van der Waals surface area (Å²) in [7, 11) is -2.43. The molecule has 0 spiro atoms. The lowest BCUT2D eigenvalue weighted by Gasteiger charge is -2.18. The third-order valence-corrected chi connectivity index (χ3v) is 4.58. The molecule has 1 rings (SSSR count). The first-order valence-corrected chi connectivity index (χ1v) is 7.08. The van der Waals surface area contributed by atoms with Gasteiger partial charge in [-0.3, -0.25) is 0 Å². The van der Waals surface area contributed by atoms with Crippen molar-refractivity contribution in [1.82, 2.24) is 4.31 Å². The monoisotopic (exact) mass is 325 g/mol. The predicted molar refractivity (Wildman–Crippen MR) is 65.6 cm³/mol.